The van der Waals surface area contributed by atoms with E-state index in [0.717, 1.165) is 0 Å². The zero-order chi connectivity index (χ0) is 12.1. The lowest BCUT2D eigenvalue weighted by Crippen LogP contribution is -2.37. The largest absolute Gasteiger partial charge is 0.458 e. The highest BCUT2D eigenvalue weighted by atomic mass is 35.5. The Morgan fingerprint density at radius 2 is 1.67 bits per heavy atom. The van der Waals surface area contributed by atoms with E-state index >= 15 is 0 Å². The molecular formula is C10H16ClFO3. The Labute approximate surface area is 93.9 Å². The molecule has 0 radical (unpaired) electrons. The van der Waals surface area contributed by atoms with Crippen molar-refractivity contribution in [1.29, 1.82) is 0 Å². The standard InChI is InChI=1S/C10H16ClFO3/c1-4-10(5-2,6-3)15-9(14)7(11)8(12)13/h7H,4-6H2,1-3H3. The van der Waals surface area contributed by atoms with E-state index in [4.69, 9.17) is 16.3 Å². The van der Waals surface area contributed by atoms with E-state index in [9.17, 15) is 14.0 Å². The number of hydrogen-bond donors (Lipinski definition) is 0. The predicted octanol–water partition coefficient (Wildman–Crippen LogP) is 2.60. The van der Waals surface area contributed by atoms with Crippen molar-refractivity contribution in [2.45, 2.75) is 51.0 Å². The van der Waals surface area contributed by atoms with Gasteiger partial charge in [-0.3, -0.25) is 4.79 Å². The van der Waals surface area contributed by atoms with Crippen molar-refractivity contribution in [2.75, 3.05) is 0 Å². The van der Waals surface area contributed by atoms with Crippen LogP contribution in [0.5, 0.6) is 0 Å². The van der Waals surface area contributed by atoms with E-state index in [2.05, 4.69) is 0 Å². The average Bonchev–Trinajstić information content (AvgIpc) is 2.24. The van der Waals surface area contributed by atoms with Crippen LogP contribution < -0.4 is 0 Å². The van der Waals surface area contributed by atoms with Gasteiger partial charge in [-0.05, 0) is 19.3 Å². The molecule has 15 heavy (non-hydrogen) atoms. The Morgan fingerprint density at radius 3 is 1.93 bits per heavy atom. The molecule has 0 saturated heterocycles. The van der Waals surface area contributed by atoms with Crippen molar-refractivity contribution < 1.29 is 18.7 Å². The van der Waals surface area contributed by atoms with Gasteiger partial charge >= 0.3 is 12.0 Å². The first-order valence-electron chi connectivity index (χ1n) is 4.98. The van der Waals surface area contributed by atoms with Crippen molar-refractivity contribution in [3.8, 4) is 0 Å². The van der Waals surface area contributed by atoms with Crippen molar-refractivity contribution in [3.63, 3.8) is 0 Å². The third-order valence-corrected chi connectivity index (χ3v) is 3.01. The summed E-state index contributed by atoms with van der Waals surface area (Å²) < 4.78 is 17.2. The van der Waals surface area contributed by atoms with Crippen LogP contribution in [0.1, 0.15) is 40.0 Å². The maximum absolute atomic E-state index is 12.2. The van der Waals surface area contributed by atoms with Gasteiger partial charge in [-0.2, -0.15) is 4.39 Å². The molecule has 0 spiro atoms. The number of rotatable bonds is 6. The topological polar surface area (TPSA) is 43.4 Å². The summed E-state index contributed by atoms with van der Waals surface area (Å²) in [5.41, 5.74) is -0.639. The number of hydrogen-bond acceptors (Lipinski definition) is 3. The lowest BCUT2D eigenvalue weighted by atomic mass is 9.94. The van der Waals surface area contributed by atoms with Crippen LogP contribution in [0.4, 0.5) is 4.39 Å². The van der Waals surface area contributed by atoms with Crippen LogP contribution in [0.15, 0.2) is 0 Å². The fraction of sp³-hybridized carbons (Fsp3) is 0.800. The first kappa shape index (κ1) is 14.4. The lowest BCUT2D eigenvalue weighted by Gasteiger charge is -2.30. The van der Waals surface area contributed by atoms with Crippen molar-refractivity contribution in [1.82, 2.24) is 0 Å². The van der Waals surface area contributed by atoms with Crippen LogP contribution in [0.2, 0.25) is 0 Å². The fourth-order valence-corrected chi connectivity index (χ4v) is 1.37. The Morgan fingerprint density at radius 1 is 1.27 bits per heavy atom. The molecule has 0 aromatic carbocycles. The normalized spacial score (nSPS) is 13.4. The Balaban J connectivity index is 4.55. The Bertz CT molecular complexity index is 231. The second kappa shape index (κ2) is 6.05. The van der Waals surface area contributed by atoms with Gasteiger partial charge in [0.15, 0.2) is 0 Å². The SMILES string of the molecule is CCC(CC)(CC)OC(=O)C(Cl)C(=O)F. The third kappa shape index (κ3) is 3.78. The summed E-state index contributed by atoms with van der Waals surface area (Å²) >= 11 is 5.24. The van der Waals surface area contributed by atoms with Gasteiger partial charge in [-0.15, -0.1) is 0 Å². The maximum Gasteiger partial charge on any atom is 0.335 e. The van der Waals surface area contributed by atoms with E-state index in [1.807, 2.05) is 20.8 Å². The number of carbonyl (C=O) groups excluding carboxylic acids is 2. The predicted molar refractivity (Wildman–Crippen MR) is 55.5 cm³/mol. The summed E-state index contributed by atoms with van der Waals surface area (Å²) in [5, 5.41) is -1.84. The van der Waals surface area contributed by atoms with Crippen LogP contribution >= 0.6 is 11.6 Å². The van der Waals surface area contributed by atoms with E-state index in [1.165, 1.54) is 0 Å². The first-order chi connectivity index (χ1) is 6.92. The van der Waals surface area contributed by atoms with Crippen molar-refractivity contribution in [2.24, 2.45) is 0 Å². The highest BCUT2D eigenvalue weighted by Crippen LogP contribution is 2.25. The van der Waals surface area contributed by atoms with Gasteiger partial charge in [-0.25, -0.2) is 4.79 Å². The minimum atomic E-state index is -1.88. The number of alkyl halides is 1. The van der Waals surface area contributed by atoms with Crippen LogP contribution in [0, 0.1) is 0 Å². The minimum Gasteiger partial charge on any atom is -0.458 e. The molecule has 0 aliphatic heterocycles. The van der Waals surface area contributed by atoms with Gasteiger partial charge in [0.1, 0.15) is 5.60 Å². The number of ether oxygens (including phenoxy) is 1. The zero-order valence-electron chi connectivity index (χ0n) is 9.18. The molecule has 3 nitrogen and oxygen atoms in total. The average molecular weight is 239 g/mol. The second-order valence-electron chi connectivity index (χ2n) is 3.33. The van der Waals surface area contributed by atoms with Crippen LogP contribution in [0.3, 0.4) is 0 Å². The van der Waals surface area contributed by atoms with Crippen LogP contribution in [-0.4, -0.2) is 23.0 Å². The van der Waals surface area contributed by atoms with E-state index < -0.39 is 23.0 Å². The summed E-state index contributed by atoms with van der Waals surface area (Å²) in [4.78, 5) is 21.5. The van der Waals surface area contributed by atoms with Gasteiger partial charge in [0.2, 0.25) is 5.38 Å². The molecule has 1 unspecified atom stereocenters. The molecule has 0 amide bonds. The van der Waals surface area contributed by atoms with E-state index in [-0.39, 0.29) is 0 Å². The van der Waals surface area contributed by atoms with Gasteiger partial charge in [0.25, 0.3) is 0 Å². The molecule has 0 saturated carbocycles. The molecule has 0 bridgehead atoms. The Kier molecular flexibility index (Phi) is 5.80. The molecule has 88 valence electrons. The molecule has 0 aromatic heterocycles. The Hall–Kier alpha value is -0.640. The molecule has 0 heterocycles. The summed E-state index contributed by atoms with van der Waals surface area (Å²) in [6, 6.07) is -1.88. The fourth-order valence-electron chi connectivity index (χ4n) is 1.32. The van der Waals surface area contributed by atoms with Gasteiger partial charge in [0, 0.05) is 0 Å². The van der Waals surface area contributed by atoms with Crippen LogP contribution in [0.25, 0.3) is 0 Å². The number of esters is 1. The molecule has 0 fully saturated rings. The minimum absolute atomic E-state index is 0.607. The molecule has 0 rings (SSSR count). The summed E-state index contributed by atoms with van der Waals surface area (Å²) in [7, 11) is 0. The molecular weight excluding hydrogens is 223 g/mol. The summed E-state index contributed by atoms with van der Waals surface area (Å²) in [6.45, 7) is 5.59. The molecule has 0 N–H and O–H groups in total. The highest BCUT2D eigenvalue weighted by Gasteiger charge is 2.34. The smallest absolute Gasteiger partial charge is 0.335 e. The lowest BCUT2D eigenvalue weighted by molar-refractivity contribution is -0.163. The molecule has 0 aliphatic rings. The zero-order valence-corrected chi connectivity index (χ0v) is 9.94. The van der Waals surface area contributed by atoms with Gasteiger partial charge < -0.3 is 4.74 Å². The van der Waals surface area contributed by atoms with Crippen molar-refractivity contribution >= 4 is 23.6 Å². The molecule has 0 aliphatic carbocycles. The summed E-state index contributed by atoms with van der Waals surface area (Å²) in [6.07, 6.45) is 1.82. The quantitative estimate of drug-likeness (QED) is 0.309. The third-order valence-electron chi connectivity index (χ3n) is 2.66. The summed E-state index contributed by atoms with van der Waals surface area (Å²) in [5.74, 6) is -1.00. The van der Waals surface area contributed by atoms with Crippen molar-refractivity contribution in [3.05, 3.63) is 0 Å². The monoisotopic (exact) mass is 238 g/mol. The highest BCUT2D eigenvalue weighted by molar-refractivity contribution is 6.39. The van der Waals surface area contributed by atoms with Gasteiger partial charge in [-0.1, -0.05) is 32.4 Å². The molecule has 1 atom stereocenters. The van der Waals surface area contributed by atoms with E-state index in [0.29, 0.717) is 19.3 Å². The number of carbonyl (C=O) groups is 2. The van der Waals surface area contributed by atoms with Gasteiger partial charge in [0.05, 0.1) is 0 Å². The number of halogens is 2. The second-order valence-corrected chi connectivity index (χ2v) is 3.77. The molecule has 5 heteroatoms. The maximum atomic E-state index is 12.2. The molecule has 0 aromatic rings. The van der Waals surface area contributed by atoms with Crippen LogP contribution in [-0.2, 0) is 14.3 Å². The first-order valence-corrected chi connectivity index (χ1v) is 5.42. The van der Waals surface area contributed by atoms with E-state index in [1.54, 1.807) is 0 Å².